The minimum absolute atomic E-state index is 0.268. The van der Waals surface area contributed by atoms with E-state index in [9.17, 15) is 9.59 Å². The number of amides is 2. The molecular formula is C14H17N3O3. The van der Waals surface area contributed by atoms with E-state index >= 15 is 0 Å². The smallest absolute Gasteiger partial charge is 0.251 e. The summed E-state index contributed by atoms with van der Waals surface area (Å²) in [6, 6.07) is 8.00. The van der Waals surface area contributed by atoms with Crippen molar-refractivity contribution in [3.8, 4) is 6.07 Å². The molecule has 1 unspecified atom stereocenters. The van der Waals surface area contributed by atoms with Crippen LogP contribution in [0.1, 0.15) is 29.3 Å². The highest BCUT2D eigenvalue weighted by Crippen LogP contribution is 2.06. The lowest BCUT2D eigenvalue weighted by Crippen LogP contribution is -2.40. The normalized spacial score (nSPS) is 13.1. The van der Waals surface area contributed by atoms with Crippen LogP contribution in [0.3, 0.4) is 0 Å². The number of nitrogens with two attached hydrogens (primary N) is 1. The number of ether oxygens (including phenoxy) is 1. The fourth-order valence-electron chi connectivity index (χ4n) is 1.71. The van der Waals surface area contributed by atoms with Crippen molar-refractivity contribution in [2.75, 3.05) is 7.11 Å². The summed E-state index contributed by atoms with van der Waals surface area (Å²) in [4.78, 5) is 23.0. The summed E-state index contributed by atoms with van der Waals surface area (Å²) in [5.41, 5.74) is 6.10. The number of carbonyl (C=O) groups is 2. The Morgan fingerprint density at radius 1 is 1.40 bits per heavy atom. The number of hydrogen-bond donors (Lipinski definition) is 2. The molecule has 0 aromatic heterocycles. The summed E-state index contributed by atoms with van der Waals surface area (Å²) >= 11 is 0. The van der Waals surface area contributed by atoms with Crippen molar-refractivity contribution in [3.63, 3.8) is 0 Å². The Bertz CT molecular complexity index is 519. The van der Waals surface area contributed by atoms with Crippen LogP contribution < -0.4 is 11.1 Å². The van der Waals surface area contributed by atoms with Gasteiger partial charge in [0.1, 0.15) is 6.10 Å². The number of rotatable bonds is 6. The van der Waals surface area contributed by atoms with Crippen LogP contribution in [0, 0.1) is 11.3 Å². The van der Waals surface area contributed by atoms with Gasteiger partial charge in [-0.1, -0.05) is 0 Å². The first-order valence-corrected chi connectivity index (χ1v) is 6.11. The topological polar surface area (TPSA) is 105 Å². The SMILES string of the molecule is COC(C[C@H](C)NC(=O)c1ccc(C#N)cc1)C(N)=O. The van der Waals surface area contributed by atoms with E-state index in [1.165, 1.54) is 7.11 Å². The van der Waals surface area contributed by atoms with E-state index in [-0.39, 0.29) is 11.9 Å². The van der Waals surface area contributed by atoms with E-state index in [1.807, 2.05) is 6.07 Å². The third kappa shape index (κ3) is 4.37. The average molecular weight is 275 g/mol. The Kier molecular flexibility index (Phi) is 5.69. The fourth-order valence-corrected chi connectivity index (χ4v) is 1.71. The number of nitrogens with one attached hydrogen (secondary N) is 1. The Hall–Kier alpha value is -2.39. The lowest BCUT2D eigenvalue weighted by atomic mass is 10.1. The molecule has 106 valence electrons. The fraction of sp³-hybridized carbons (Fsp3) is 0.357. The second-order valence-electron chi connectivity index (χ2n) is 4.43. The molecule has 0 saturated heterocycles. The Morgan fingerprint density at radius 2 is 2.00 bits per heavy atom. The Balaban J connectivity index is 2.60. The quantitative estimate of drug-likeness (QED) is 0.791. The van der Waals surface area contributed by atoms with Crippen LogP contribution in [0.25, 0.3) is 0 Å². The maximum atomic E-state index is 11.9. The first-order valence-electron chi connectivity index (χ1n) is 6.11. The monoisotopic (exact) mass is 275 g/mol. The van der Waals surface area contributed by atoms with Gasteiger partial charge in [0.05, 0.1) is 11.6 Å². The molecule has 0 spiro atoms. The molecule has 2 atom stereocenters. The minimum Gasteiger partial charge on any atom is -0.372 e. The molecule has 1 aromatic carbocycles. The van der Waals surface area contributed by atoms with Crippen LogP contribution in [0.4, 0.5) is 0 Å². The van der Waals surface area contributed by atoms with Crippen molar-refractivity contribution in [2.45, 2.75) is 25.5 Å². The van der Waals surface area contributed by atoms with Gasteiger partial charge in [0.2, 0.25) is 5.91 Å². The highest BCUT2D eigenvalue weighted by atomic mass is 16.5. The van der Waals surface area contributed by atoms with E-state index in [0.29, 0.717) is 17.5 Å². The molecule has 2 amide bonds. The summed E-state index contributed by atoms with van der Waals surface area (Å²) in [7, 11) is 1.39. The van der Waals surface area contributed by atoms with E-state index in [4.69, 9.17) is 15.7 Å². The summed E-state index contributed by atoms with van der Waals surface area (Å²) in [5.74, 6) is -0.840. The predicted molar refractivity (Wildman–Crippen MR) is 72.7 cm³/mol. The van der Waals surface area contributed by atoms with Crippen LogP contribution in [0.2, 0.25) is 0 Å². The lowest BCUT2D eigenvalue weighted by Gasteiger charge is -2.18. The summed E-state index contributed by atoms with van der Waals surface area (Å²) in [6.07, 6.45) is -0.431. The van der Waals surface area contributed by atoms with Crippen LogP contribution in [0.15, 0.2) is 24.3 Å². The van der Waals surface area contributed by atoms with Gasteiger partial charge < -0.3 is 15.8 Å². The third-order valence-electron chi connectivity index (χ3n) is 2.82. The molecule has 0 aliphatic heterocycles. The van der Waals surface area contributed by atoms with Gasteiger partial charge in [0.25, 0.3) is 5.91 Å². The highest BCUT2D eigenvalue weighted by Gasteiger charge is 2.19. The summed E-state index contributed by atoms with van der Waals surface area (Å²) in [5, 5.41) is 11.4. The van der Waals surface area contributed by atoms with Crippen molar-refractivity contribution >= 4 is 11.8 Å². The maximum Gasteiger partial charge on any atom is 0.251 e. The van der Waals surface area contributed by atoms with Crippen molar-refractivity contribution in [3.05, 3.63) is 35.4 Å². The number of nitrogens with zero attached hydrogens (tertiary/aromatic N) is 1. The molecule has 0 aliphatic rings. The number of primary amides is 1. The van der Waals surface area contributed by atoms with Crippen LogP contribution >= 0.6 is 0 Å². The van der Waals surface area contributed by atoms with E-state index in [2.05, 4.69) is 5.32 Å². The largest absolute Gasteiger partial charge is 0.372 e. The van der Waals surface area contributed by atoms with Gasteiger partial charge in [-0.05, 0) is 31.2 Å². The van der Waals surface area contributed by atoms with Crippen LogP contribution in [0.5, 0.6) is 0 Å². The molecule has 0 heterocycles. The van der Waals surface area contributed by atoms with Crippen molar-refractivity contribution < 1.29 is 14.3 Å². The molecule has 0 fully saturated rings. The maximum absolute atomic E-state index is 11.9. The second-order valence-corrected chi connectivity index (χ2v) is 4.43. The molecule has 0 saturated carbocycles. The molecule has 6 nitrogen and oxygen atoms in total. The second kappa shape index (κ2) is 7.26. The molecule has 0 aliphatic carbocycles. The molecule has 0 bridgehead atoms. The van der Waals surface area contributed by atoms with Gasteiger partial charge in [0.15, 0.2) is 0 Å². The number of carbonyl (C=O) groups excluding carboxylic acids is 2. The van der Waals surface area contributed by atoms with Crippen LogP contribution in [-0.2, 0) is 9.53 Å². The van der Waals surface area contributed by atoms with Gasteiger partial charge in [-0.25, -0.2) is 0 Å². The highest BCUT2D eigenvalue weighted by molar-refractivity contribution is 5.94. The van der Waals surface area contributed by atoms with Gasteiger partial charge in [-0.3, -0.25) is 9.59 Å². The number of benzene rings is 1. The van der Waals surface area contributed by atoms with Crippen molar-refractivity contribution in [1.29, 1.82) is 5.26 Å². The lowest BCUT2D eigenvalue weighted by molar-refractivity contribution is -0.128. The zero-order valence-electron chi connectivity index (χ0n) is 11.4. The zero-order chi connectivity index (χ0) is 15.1. The van der Waals surface area contributed by atoms with Gasteiger partial charge in [-0.15, -0.1) is 0 Å². The van der Waals surface area contributed by atoms with Crippen molar-refractivity contribution in [2.24, 2.45) is 5.73 Å². The van der Waals surface area contributed by atoms with Gasteiger partial charge in [0, 0.05) is 25.1 Å². The zero-order valence-corrected chi connectivity index (χ0v) is 11.4. The molecule has 0 radical (unpaired) electrons. The Labute approximate surface area is 117 Å². The summed E-state index contributed by atoms with van der Waals surface area (Å²) < 4.78 is 4.94. The number of nitriles is 1. The standard InChI is InChI=1S/C14H17N3O3/c1-9(7-12(20-2)13(16)18)17-14(19)11-5-3-10(8-15)4-6-11/h3-6,9,12H,7H2,1-2H3,(H2,16,18)(H,17,19)/t9-,12?/m0/s1. The first kappa shape index (κ1) is 15.7. The molecule has 1 rings (SSSR count). The van der Waals surface area contributed by atoms with Gasteiger partial charge in [-0.2, -0.15) is 5.26 Å². The minimum atomic E-state index is -0.730. The number of methoxy groups -OCH3 is 1. The molecular weight excluding hydrogens is 258 g/mol. The average Bonchev–Trinajstić information content (AvgIpc) is 2.44. The molecule has 1 aromatic rings. The molecule has 3 N–H and O–H groups in total. The van der Waals surface area contributed by atoms with E-state index in [1.54, 1.807) is 31.2 Å². The first-order chi connectivity index (χ1) is 9.47. The van der Waals surface area contributed by atoms with Gasteiger partial charge >= 0.3 is 0 Å². The molecule has 20 heavy (non-hydrogen) atoms. The van der Waals surface area contributed by atoms with E-state index in [0.717, 1.165) is 0 Å². The van der Waals surface area contributed by atoms with Crippen molar-refractivity contribution in [1.82, 2.24) is 5.32 Å². The van der Waals surface area contributed by atoms with E-state index < -0.39 is 12.0 Å². The molecule has 6 heteroatoms. The Morgan fingerprint density at radius 3 is 2.45 bits per heavy atom. The third-order valence-corrected chi connectivity index (χ3v) is 2.82. The summed E-state index contributed by atoms with van der Waals surface area (Å²) in [6.45, 7) is 1.76. The number of hydrogen-bond acceptors (Lipinski definition) is 4. The predicted octanol–water partition coefficient (Wildman–Crippen LogP) is 0.567. The van der Waals surface area contributed by atoms with Crippen LogP contribution in [-0.4, -0.2) is 31.1 Å².